The molecule has 0 spiro atoms. The van der Waals surface area contributed by atoms with Gasteiger partial charge in [0, 0.05) is 6.20 Å². The Bertz CT molecular complexity index is 168. The van der Waals surface area contributed by atoms with Gasteiger partial charge in [-0.05, 0) is 18.9 Å². The van der Waals surface area contributed by atoms with Crippen LogP contribution < -0.4 is 5.32 Å². The number of allylic oxidation sites excluding steroid dienone is 2. The standard InChI is InChI=1S/C9H15NO/c1-4-5-9(11)10-7-6-8(2)3/h4-8H,1-3H3,(H,10,11)/b5-4+,7-6+. The fourth-order valence-corrected chi connectivity index (χ4v) is 0.522. The molecule has 0 aromatic rings. The van der Waals surface area contributed by atoms with Gasteiger partial charge in [-0.2, -0.15) is 0 Å². The molecule has 0 saturated heterocycles. The Balaban J connectivity index is 3.62. The summed E-state index contributed by atoms with van der Waals surface area (Å²) in [7, 11) is 0. The first-order valence-electron chi connectivity index (χ1n) is 3.76. The van der Waals surface area contributed by atoms with E-state index in [1.807, 2.05) is 13.0 Å². The normalized spacial score (nSPS) is 11.6. The van der Waals surface area contributed by atoms with Crippen molar-refractivity contribution in [2.75, 3.05) is 0 Å². The van der Waals surface area contributed by atoms with E-state index in [2.05, 4.69) is 19.2 Å². The van der Waals surface area contributed by atoms with E-state index in [4.69, 9.17) is 0 Å². The first kappa shape index (κ1) is 9.95. The first-order chi connectivity index (χ1) is 5.16. The lowest BCUT2D eigenvalue weighted by Gasteiger charge is -1.94. The Morgan fingerprint density at radius 1 is 1.45 bits per heavy atom. The SMILES string of the molecule is C/C=C/C(=O)N/C=C/C(C)C. The fourth-order valence-electron chi connectivity index (χ4n) is 0.522. The van der Waals surface area contributed by atoms with Gasteiger partial charge in [-0.15, -0.1) is 0 Å². The topological polar surface area (TPSA) is 29.1 Å². The smallest absolute Gasteiger partial charge is 0.247 e. The van der Waals surface area contributed by atoms with E-state index in [9.17, 15) is 4.79 Å². The molecule has 0 heterocycles. The van der Waals surface area contributed by atoms with E-state index in [1.165, 1.54) is 6.08 Å². The highest BCUT2D eigenvalue weighted by Crippen LogP contribution is 1.90. The van der Waals surface area contributed by atoms with Gasteiger partial charge in [-0.1, -0.05) is 26.0 Å². The predicted octanol–water partition coefficient (Wildman–Crippen LogP) is 1.85. The second-order valence-corrected chi connectivity index (χ2v) is 2.61. The number of nitrogens with one attached hydrogen (secondary N) is 1. The van der Waals surface area contributed by atoms with E-state index in [1.54, 1.807) is 12.3 Å². The molecule has 0 aliphatic rings. The minimum absolute atomic E-state index is 0.0793. The Morgan fingerprint density at radius 2 is 2.09 bits per heavy atom. The molecule has 62 valence electrons. The van der Waals surface area contributed by atoms with E-state index >= 15 is 0 Å². The van der Waals surface area contributed by atoms with Crippen molar-refractivity contribution in [3.05, 3.63) is 24.4 Å². The van der Waals surface area contributed by atoms with Crippen molar-refractivity contribution in [1.29, 1.82) is 0 Å². The number of rotatable bonds is 3. The van der Waals surface area contributed by atoms with Crippen LogP contribution >= 0.6 is 0 Å². The maximum absolute atomic E-state index is 10.8. The maximum Gasteiger partial charge on any atom is 0.247 e. The van der Waals surface area contributed by atoms with Crippen LogP contribution in [0.2, 0.25) is 0 Å². The van der Waals surface area contributed by atoms with Crippen LogP contribution in [0.5, 0.6) is 0 Å². The third kappa shape index (κ3) is 6.84. The van der Waals surface area contributed by atoms with Gasteiger partial charge in [-0.25, -0.2) is 0 Å². The van der Waals surface area contributed by atoms with Gasteiger partial charge in [0.1, 0.15) is 0 Å². The fraction of sp³-hybridized carbons (Fsp3) is 0.444. The number of hydrogen-bond donors (Lipinski definition) is 1. The van der Waals surface area contributed by atoms with Crippen LogP contribution in [0, 0.1) is 5.92 Å². The van der Waals surface area contributed by atoms with Crippen molar-refractivity contribution in [1.82, 2.24) is 5.32 Å². The zero-order valence-corrected chi connectivity index (χ0v) is 7.29. The summed E-state index contributed by atoms with van der Waals surface area (Å²) < 4.78 is 0. The highest BCUT2D eigenvalue weighted by molar-refractivity contribution is 5.88. The molecule has 0 aliphatic heterocycles. The molecule has 0 aromatic heterocycles. The molecular formula is C9H15NO. The average Bonchev–Trinajstić information content (AvgIpc) is 1.87. The maximum atomic E-state index is 10.8. The average molecular weight is 153 g/mol. The molecule has 0 unspecified atom stereocenters. The van der Waals surface area contributed by atoms with Crippen molar-refractivity contribution < 1.29 is 4.79 Å². The van der Waals surface area contributed by atoms with E-state index < -0.39 is 0 Å². The monoisotopic (exact) mass is 153 g/mol. The van der Waals surface area contributed by atoms with Crippen LogP contribution in [-0.2, 0) is 4.79 Å². The predicted molar refractivity (Wildman–Crippen MR) is 46.9 cm³/mol. The molecule has 0 aliphatic carbocycles. The van der Waals surface area contributed by atoms with E-state index in [0.29, 0.717) is 5.92 Å². The van der Waals surface area contributed by atoms with Crippen LogP contribution in [0.15, 0.2) is 24.4 Å². The van der Waals surface area contributed by atoms with Crippen molar-refractivity contribution in [2.24, 2.45) is 5.92 Å². The summed E-state index contributed by atoms with van der Waals surface area (Å²) in [6, 6.07) is 0. The van der Waals surface area contributed by atoms with E-state index in [0.717, 1.165) is 0 Å². The second-order valence-electron chi connectivity index (χ2n) is 2.61. The summed E-state index contributed by atoms with van der Waals surface area (Å²) in [4.78, 5) is 10.8. The van der Waals surface area contributed by atoms with Gasteiger partial charge < -0.3 is 5.32 Å². The molecule has 11 heavy (non-hydrogen) atoms. The van der Waals surface area contributed by atoms with Crippen molar-refractivity contribution >= 4 is 5.91 Å². The Kier molecular flexibility index (Phi) is 5.17. The summed E-state index contributed by atoms with van der Waals surface area (Å²) in [5.41, 5.74) is 0. The van der Waals surface area contributed by atoms with Gasteiger partial charge in [0.2, 0.25) is 5.91 Å². The molecule has 2 heteroatoms. The van der Waals surface area contributed by atoms with Gasteiger partial charge in [0.05, 0.1) is 0 Å². The van der Waals surface area contributed by atoms with Crippen LogP contribution in [0.25, 0.3) is 0 Å². The number of carbonyl (C=O) groups excluding carboxylic acids is 1. The lowest BCUT2D eigenvalue weighted by molar-refractivity contribution is -0.115. The quantitative estimate of drug-likeness (QED) is 0.616. The second kappa shape index (κ2) is 5.71. The molecule has 0 atom stereocenters. The number of hydrogen-bond acceptors (Lipinski definition) is 1. The summed E-state index contributed by atoms with van der Waals surface area (Å²) in [5.74, 6) is 0.394. The zero-order valence-electron chi connectivity index (χ0n) is 7.29. The van der Waals surface area contributed by atoms with Gasteiger partial charge in [-0.3, -0.25) is 4.79 Å². The van der Waals surface area contributed by atoms with Gasteiger partial charge in [0.25, 0.3) is 0 Å². The van der Waals surface area contributed by atoms with Gasteiger partial charge in [0.15, 0.2) is 0 Å². The molecule has 0 saturated carbocycles. The molecule has 0 fully saturated rings. The molecule has 0 radical (unpaired) electrons. The Labute approximate surface area is 68.0 Å². The number of amides is 1. The third-order valence-electron chi connectivity index (χ3n) is 1.02. The van der Waals surface area contributed by atoms with Crippen LogP contribution in [0.3, 0.4) is 0 Å². The van der Waals surface area contributed by atoms with Crippen LogP contribution in [0.4, 0.5) is 0 Å². The highest BCUT2D eigenvalue weighted by atomic mass is 16.1. The third-order valence-corrected chi connectivity index (χ3v) is 1.02. The van der Waals surface area contributed by atoms with E-state index in [-0.39, 0.29) is 5.91 Å². The summed E-state index contributed by atoms with van der Waals surface area (Å²) in [6.07, 6.45) is 6.80. The largest absolute Gasteiger partial charge is 0.329 e. The number of carbonyl (C=O) groups is 1. The minimum Gasteiger partial charge on any atom is -0.329 e. The van der Waals surface area contributed by atoms with Crippen molar-refractivity contribution in [2.45, 2.75) is 20.8 Å². The van der Waals surface area contributed by atoms with Crippen molar-refractivity contribution in [3.63, 3.8) is 0 Å². The molecule has 1 N–H and O–H groups in total. The Morgan fingerprint density at radius 3 is 2.55 bits per heavy atom. The minimum atomic E-state index is -0.0793. The van der Waals surface area contributed by atoms with Crippen LogP contribution in [0.1, 0.15) is 20.8 Å². The molecule has 1 amide bonds. The molecule has 2 nitrogen and oxygen atoms in total. The lowest BCUT2D eigenvalue weighted by Crippen LogP contribution is -2.13. The molecule has 0 aromatic carbocycles. The molecular weight excluding hydrogens is 138 g/mol. The molecule has 0 bridgehead atoms. The van der Waals surface area contributed by atoms with Crippen molar-refractivity contribution in [3.8, 4) is 0 Å². The lowest BCUT2D eigenvalue weighted by atomic mass is 10.2. The molecule has 0 rings (SSSR count). The highest BCUT2D eigenvalue weighted by Gasteiger charge is 1.87. The summed E-state index contributed by atoms with van der Waals surface area (Å²) >= 11 is 0. The first-order valence-corrected chi connectivity index (χ1v) is 3.76. The summed E-state index contributed by atoms with van der Waals surface area (Å²) in [5, 5.41) is 2.61. The zero-order chi connectivity index (χ0) is 8.69. The summed E-state index contributed by atoms with van der Waals surface area (Å²) in [6.45, 7) is 5.92. The van der Waals surface area contributed by atoms with Crippen LogP contribution in [-0.4, -0.2) is 5.91 Å². The Hall–Kier alpha value is -1.05. The van der Waals surface area contributed by atoms with Gasteiger partial charge >= 0.3 is 0 Å².